The molecule has 0 saturated carbocycles. The van der Waals surface area contributed by atoms with Crippen LogP contribution in [0.5, 0.6) is 0 Å². The van der Waals surface area contributed by atoms with Crippen molar-refractivity contribution in [2.24, 2.45) is 0 Å². The fraction of sp³-hybridized carbons (Fsp3) is 0.125. The minimum atomic E-state index is -0.424. The summed E-state index contributed by atoms with van der Waals surface area (Å²) in [5.41, 5.74) is 0.962. The smallest absolute Gasteiger partial charge is 0.264 e. The minimum Gasteiger partial charge on any atom is -0.264 e. The minimum absolute atomic E-state index is 0.397. The molecule has 0 spiro atoms. The molecule has 1 radical (unpaired) electrons. The molecule has 0 aliphatic carbocycles. The third kappa shape index (κ3) is 2.80. The van der Waals surface area contributed by atoms with E-state index in [0.717, 1.165) is 12.1 Å². The van der Waals surface area contributed by atoms with Gasteiger partial charge in [-0.05, 0) is 5.56 Å². The molecule has 0 aromatic heterocycles. The standard InChI is InChI=1S/C8H8NO2/c10-9(11)7-6-8-4-2-1-3-5-8/h1-5,7H,6H2. The van der Waals surface area contributed by atoms with E-state index in [9.17, 15) is 10.1 Å². The van der Waals surface area contributed by atoms with Crippen molar-refractivity contribution in [3.8, 4) is 0 Å². The second-order valence-corrected chi connectivity index (χ2v) is 2.16. The van der Waals surface area contributed by atoms with Crippen molar-refractivity contribution in [1.82, 2.24) is 0 Å². The maximum absolute atomic E-state index is 9.92. The number of rotatable bonds is 3. The zero-order chi connectivity index (χ0) is 8.10. The summed E-state index contributed by atoms with van der Waals surface area (Å²) < 4.78 is 0. The van der Waals surface area contributed by atoms with Gasteiger partial charge in [-0.1, -0.05) is 30.3 Å². The van der Waals surface area contributed by atoms with Crippen LogP contribution in [0.4, 0.5) is 0 Å². The molecule has 0 aliphatic heterocycles. The van der Waals surface area contributed by atoms with E-state index in [0.29, 0.717) is 6.42 Å². The Morgan fingerprint density at radius 1 is 1.36 bits per heavy atom. The highest BCUT2D eigenvalue weighted by atomic mass is 16.6. The van der Waals surface area contributed by atoms with E-state index < -0.39 is 4.92 Å². The molecule has 57 valence electrons. The maximum Gasteiger partial charge on any atom is 0.283 e. The second-order valence-electron chi connectivity index (χ2n) is 2.16. The Morgan fingerprint density at radius 3 is 2.55 bits per heavy atom. The summed E-state index contributed by atoms with van der Waals surface area (Å²) in [6.45, 7) is 1.05. The molecule has 3 heteroatoms. The van der Waals surface area contributed by atoms with Crippen LogP contribution in [0.1, 0.15) is 5.56 Å². The average Bonchev–Trinajstić information content (AvgIpc) is 2.03. The van der Waals surface area contributed by atoms with Gasteiger partial charge in [-0.15, -0.1) is 0 Å². The van der Waals surface area contributed by atoms with Gasteiger partial charge in [-0.2, -0.15) is 0 Å². The zero-order valence-corrected chi connectivity index (χ0v) is 5.93. The lowest BCUT2D eigenvalue weighted by molar-refractivity contribution is -0.436. The fourth-order valence-electron chi connectivity index (χ4n) is 0.794. The Labute approximate surface area is 64.8 Å². The van der Waals surface area contributed by atoms with Crippen molar-refractivity contribution < 1.29 is 4.92 Å². The van der Waals surface area contributed by atoms with E-state index in [4.69, 9.17) is 0 Å². The van der Waals surface area contributed by atoms with Crippen LogP contribution < -0.4 is 0 Å². The van der Waals surface area contributed by atoms with Crippen LogP contribution in [-0.2, 0) is 6.42 Å². The van der Waals surface area contributed by atoms with Crippen LogP contribution in [-0.4, -0.2) is 4.92 Å². The number of nitro groups is 1. The van der Waals surface area contributed by atoms with Gasteiger partial charge in [-0.3, -0.25) is 10.1 Å². The first-order chi connectivity index (χ1) is 5.29. The zero-order valence-electron chi connectivity index (χ0n) is 5.93. The predicted molar refractivity (Wildman–Crippen MR) is 41.4 cm³/mol. The van der Waals surface area contributed by atoms with Gasteiger partial charge in [0.05, 0.1) is 0 Å². The molecule has 0 saturated heterocycles. The van der Waals surface area contributed by atoms with E-state index >= 15 is 0 Å². The normalized spacial score (nSPS) is 9.45. The van der Waals surface area contributed by atoms with E-state index in [1.165, 1.54) is 0 Å². The van der Waals surface area contributed by atoms with Crippen molar-refractivity contribution in [2.45, 2.75) is 6.42 Å². The van der Waals surface area contributed by atoms with E-state index in [2.05, 4.69) is 0 Å². The topological polar surface area (TPSA) is 43.1 Å². The molecule has 0 heterocycles. The highest BCUT2D eigenvalue weighted by molar-refractivity contribution is 5.15. The molecule has 1 aromatic rings. The van der Waals surface area contributed by atoms with E-state index in [1.54, 1.807) is 0 Å². The highest BCUT2D eigenvalue weighted by Crippen LogP contribution is 2.00. The first-order valence-corrected chi connectivity index (χ1v) is 3.30. The van der Waals surface area contributed by atoms with Gasteiger partial charge in [-0.25, -0.2) is 0 Å². The Bertz CT molecular complexity index is 233. The molecule has 0 bridgehead atoms. The number of benzene rings is 1. The summed E-state index contributed by atoms with van der Waals surface area (Å²) in [6, 6.07) is 9.34. The Hall–Kier alpha value is -1.38. The summed E-state index contributed by atoms with van der Waals surface area (Å²) in [5, 5.41) is 9.92. The van der Waals surface area contributed by atoms with Crippen LogP contribution in [0.15, 0.2) is 30.3 Å². The fourth-order valence-corrected chi connectivity index (χ4v) is 0.794. The summed E-state index contributed by atoms with van der Waals surface area (Å²) in [7, 11) is 0. The third-order valence-electron chi connectivity index (χ3n) is 1.32. The molecule has 0 fully saturated rings. The molecule has 11 heavy (non-hydrogen) atoms. The number of hydrogen-bond donors (Lipinski definition) is 0. The molecule has 1 rings (SSSR count). The summed E-state index contributed by atoms with van der Waals surface area (Å²) >= 11 is 0. The number of hydrogen-bond acceptors (Lipinski definition) is 2. The molecular weight excluding hydrogens is 142 g/mol. The van der Waals surface area contributed by atoms with Crippen molar-refractivity contribution in [3.05, 3.63) is 52.6 Å². The quantitative estimate of drug-likeness (QED) is 0.485. The first kappa shape index (κ1) is 7.72. The first-order valence-electron chi connectivity index (χ1n) is 3.30. The van der Waals surface area contributed by atoms with Crippen molar-refractivity contribution in [2.75, 3.05) is 0 Å². The van der Waals surface area contributed by atoms with Crippen LogP contribution in [0, 0.1) is 16.7 Å². The van der Waals surface area contributed by atoms with Gasteiger partial charge in [0.1, 0.15) is 0 Å². The molecule has 0 aliphatic rings. The summed E-state index contributed by atoms with van der Waals surface area (Å²) in [4.78, 5) is 9.50. The van der Waals surface area contributed by atoms with Gasteiger partial charge in [0.2, 0.25) is 0 Å². The molecule has 1 aromatic carbocycles. The van der Waals surface area contributed by atoms with Gasteiger partial charge in [0.25, 0.3) is 6.54 Å². The van der Waals surface area contributed by atoms with Crippen LogP contribution in [0.25, 0.3) is 0 Å². The second kappa shape index (κ2) is 3.71. The van der Waals surface area contributed by atoms with Gasteiger partial charge in [0.15, 0.2) is 0 Å². The number of nitrogens with zero attached hydrogens (tertiary/aromatic N) is 1. The Morgan fingerprint density at radius 2 is 2.00 bits per heavy atom. The lowest BCUT2D eigenvalue weighted by atomic mass is 10.2. The average molecular weight is 150 g/mol. The SMILES string of the molecule is O=[N+]([O-])[CH]Cc1ccccc1. The molecule has 0 atom stereocenters. The lowest BCUT2D eigenvalue weighted by Gasteiger charge is -1.92. The molecule has 0 N–H and O–H groups in total. The van der Waals surface area contributed by atoms with Crippen LogP contribution in [0.3, 0.4) is 0 Å². The third-order valence-corrected chi connectivity index (χ3v) is 1.32. The Balaban J connectivity index is 2.45. The van der Waals surface area contributed by atoms with E-state index in [1.807, 2.05) is 30.3 Å². The van der Waals surface area contributed by atoms with Crippen molar-refractivity contribution in [1.29, 1.82) is 0 Å². The maximum atomic E-state index is 9.92. The highest BCUT2D eigenvalue weighted by Gasteiger charge is 1.99. The van der Waals surface area contributed by atoms with Crippen molar-refractivity contribution in [3.63, 3.8) is 0 Å². The van der Waals surface area contributed by atoms with Gasteiger partial charge in [0, 0.05) is 11.3 Å². The van der Waals surface area contributed by atoms with E-state index in [-0.39, 0.29) is 0 Å². The molecular formula is C8H8NO2. The largest absolute Gasteiger partial charge is 0.283 e. The Kier molecular flexibility index (Phi) is 2.60. The molecule has 0 unspecified atom stereocenters. The summed E-state index contributed by atoms with van der Waals surface area (Å²) in [5.74, 6) is 0. The van der Waals surface area contributed by atoms with Gasteiger partial charge < -0.3 is 0 Å². The monoisotopic (exact) mass is 150 g/mol. The van der Waals surface area contributed by atoms with Crippen molar-refractivity contribution >= 4 is 0 Å². The lowest BCUT2D eigenvalue weighted by Crippen LogP contribution is -1.96. The summed E-state index contributed by atoms with van der Waals surface area (Å²) in [6.07, 6.45) is 0.397. The molecule has 0 amide bonds. The molecule has 3 nitrogen and oxygen atoms in total. The van der Waals surface area contributed by atoms with Crippen LogP contribution >= 0.6 is 0 Å². The van der Waals surface area contributed by atoms with Gasteiger partial charge >= 0.3 is 0 Å². The predicted octanol–water partition coefficient (Wildman–Crippen LogP) is 1.67. The van der Waals surface area contributed by atoms with Crippen LogP contribution in [0.2, 0.25) is 0 Å².